The van der Waals surface area contributed by atoms with Gasteiger partial charge in [0.05, 0.1) is 0 Å². The van der Waals surface area contributed by atoms with Crippen LogP contribution in [0.1, 0.15) is 85.5 Å². The van der Waals surface area contributed by atoms with Crippen molar-refractivity contribution in [3.05, 3.63) is 0 Å². The van der Waals surface area contributed by atoms with E-state index in [0.29, 0.717) is 0 Å². The molecule has 156 valence electrons. The van der Waals surface area contributed by atoms with Gasteiger partial charge in [0.15, 0.2) is 0 Å². The molecule has 4 nitrogen and oxygen atoms in total. The van der Waals surface area contributed by atoms with E-state index in [1.54, 1.807) is 0 Å². The van der Waals surface area contributed by atoms with E-state index in [1.165, 1.54) is 38.5 Å². The van der Waals surface area contributed by atoms with Crippen molar-refractivity contribution in [3.8, 4) is 0 Å². The van der Waals surface area contributed by atoms with E-state index >= 15 is 0 Å². The summed E-state index contributed by atoms with van der Waals surface area (Å²) < 4.78 is 0. The van der Waals surface area contributed by atoms with Crippen LogP contribution < -0.4 is 5.32 Å². The Morgan fingerprint density at radius 2 is 1.50 bits per heavy atom. The van der Waals surface area contributed by atoms with E-state index in [1.807, 2.05) is 4.90 Å². The Labute approximate surface area is 170 Å². The summed E-state index contributed by atoms with van der Waals surface area (Å²) in [6.07, 6.45) is 11.2. The molecule has 5 aliphatic carbocycles. The van der Waals surface area contributed by atoms with E-state index in [-0.39, 0.29) is 40.1 Å². The molecule has 6 bridgehead atoms. The highest BCUT2D eigenvalue weighted by Gasteiger charge is 2.55. The van der Waals surface area contributed by atoms with Gasteiger partial charge in [-0.15, -0.1) is 0 Å². The summed E-state index contributed by atoms with van der Waals surface area (Å²) in [5, 5.41) is 3.20. The Morgan fingerprint density at radius 1 is 0.929 bits per heavy atom. The number of hydrogen-bond acceptors (Lipinski definition) is 2. The summed E-state index contributed by atoms with van der Waals surface area (Å²) in [5.41, 5.74) is 0.684. The Hall–Kier alpha value is -1.06. The lowest BCUT2D eigenvalue weighted by atomic mass is 9.48. The summed E-state index contributed by atoms with van der Waals surface area (Å²) in [5.74, 6) is 1.96. The second kappa shape index (κ2) is 5.98. The third-order valence-corrected chi connectivity index (χ3v) is 9.22. The number of carbonyl (C=O) groups is 2. The molecule has 1 saturated heterocycles. The zero-order chi connectivity index (χ0) is 19.9. The molecule has 1 aliphatic heterocycles. The second-order valence-electron chi connectivity index (χ2n) is 12.6. The van der Waals surface area contributed by atoms with Crippen LogP contribution in [0.5, 0.6) is 0 Å². The van der Waals surface area contributed by atoms with Crippen LogP contribution >= 0.6 is 0 Å². The van der Waals surface area contributed by atoms with E-state index in [4.69, 9.17) is 0 Å². The van der Waals surface area contributed by atoms with E-state index in [2.05, 4.69) is 33.0 Å². The van der Waals surface area contributed by atoms with E-state index in [0.717, 1.165) is 43.6 Å². The van der Waals surface area contributed by atoms with E-state index in [9.17, 15) is 9.59 Å². The van der Waals surface area contributed by atoms with Crippen molar-refractivity contribution in [2.75, 3.05) is 6.54 Å². The minimum atomic E-state index is -0.350. The van der Waals surface area contributed by atoms with Gasteiger partial charge in [-0.2, -0.15) is 0 Å². The van der Waals surface area contributed by atoms with Gasteiger partial charge in [-0.1, -0.05) is 20.8 Å². The Morgan fingerprint density at radius 3 is 2.07 bits per heavy atom. The highest BCUT2D eigenvalue weighted by Crippen LogP contribution is 2.61. The van der Waals surface area contributed by atoms with Gasteiger partial charge in [0.1, 0.15) is 0 Å². The van der Waals surface area contributed by atoms with Gasteiger partial charge in [-0.25, -0.2) is 0 Å². The third kappa shape index (κ3) is 3.01. The van der Waals surface area contributed by atoms with Crippen LogP contribution in [0.2, 0.25) is 0 Å². The fraction of sp³-hybridized carbons (Fsp3) is 0.917. The SMILES string of the molecule is CC(NC(=O)C(=O)N1CC2(C)CC1CC(C)(C)C2)C12CC3CC(CC(C3)C1)C2. The van der Waals surface area contributed by atoms with Gasteiger partial charge in [0.2, 0.25) is 0 Å². The van der Waals surface area contributed by atoms with Crippen LogP contribution in [0.25, 0.3) is 0 Å². The van der Waals surface area contributed by atoms with Crippen molar-refractivity contribution in [1.82, 2.24) is 10.2 Å². The predicted molar refractivity (Wildman–Crippen MR) is 109 cm³/mol. The van der Waals surface area contributed by atoms with E-state index < -0.39 is 0 Å². The lowest BCUT2D eigenvalue weighted by Gasteiger charge is -2.59. The second-order valence-corrected chi connectivity index (χ2v) is 12.6. The first kappa shape index (κ1) is 18.9. The summed E-state index contributed by atoms with van der Waals surface area (Å²) in [4.78, 5) is 28.0. The standard InChI is InChI=1S/C24H38N2O2/c1-15(24-8-16-5-17(9-24)7-18(6-16)10-24)25-20(27)21(28)26-14-23(4)12-19(26)11-22(2,3)13-23/h15-19H,5-14H2,1-4H3,(H,25,27). The van der Waals surface area contributed by atoms with Crippen LogP contribution in [0.4, 0.5) is 0 Å². The van der Waals surface area contributed by atoms with Crippen molar-refractivity contribution < 1.29 is 9.59 Å². The number of rotatable bonds is 2. The van der Waals surface area contributed by atoms with Gasteiger partial charge >= 0.3 is 11.8 Å². The Bertz CT molecular complexity index is 663. The molecule has 6 aliphatic rings. The molecule has 0 aromatic rings. The third-order valence-electron chi connectivity index (χ3n) is 9.22. The van der Waals surface area contributed by atoms with Gasteiger partial charge in [0.25, 0.3) is 0 Å². The first-order chi connectivity index (χ1) is 13.1. The molecule has 6 fully saturated rings. The van der Waals surface area contributed by atoms with Crippen LogP contribution in [0.3, 0.4) is 0 Å². The number of likely N-dealkylation sites (tertiary alicyclic amines) is 1. The molecule has 5 saturated carbocycles. The number of carbonyl (C=O) groups excluding carboxylic acids is 2. The number of nitrogens with zero attached hydrogens (tertiary/aromatic N) is 1. The lowest BCUT2D eigenvalue weighted by Crippen LogP contribution is -2.57. The Kier molecular flexibility index (Phi) is 4.04. The molecule has 0 spiro atoms. The number of nitrogens with one attached hydrogen (secondary N) is 1. The van der Waals surface area contributed by atoms with Crippen molar-refractivity contribution in [2.45, 2.75) is 97.6 Å². The lowest BCUT2D eigenvalue weighted by molar-refractivity contribution is -0.148. The van der Waals surface area contributed by atoms with Gasteiger partial charge < -0.3 is 10.2 Å². The monoisotopic (exact) mass is 386 g/mol. The highest BCUT2D eigenvalue weighted by atomic mass is 16.2. The fourth-order valence-electron chi connectivity index (χ4n) is 8.95. The first-order valence-corrected chi connectivity index (χ1v) is 11.7. The molecule has 2 amide bonds. The van der Waals surface area contributed by atoms with Crippen molar-refractivity contribution in [2.24, 2.45) is 34.0 Å². The Balaban J connectivity index is 1.27. The molecule has 0 aromatic carbocycles. The highest BCUT2D eigenvalue weighted by molar-refractivity contribution is 6.35. The maximum absolute atomic E-state index is 13.1. The molecule has 6 rings (SSSR count). The number of amides is 2. The van der Waals surface area contributed by atoms with Gasteiger partial charge in [-0.3, -0.25) is 9.59 Å². The first-order valence-electron chi connectivity index (χ1n) is 11.7. The van der Waals surface area contributed by atoms with Crippen molar-refractivity contribution in [3.63, 3.8) is 0 Å². The zero-order valence-electron chi connectivity index (χ0n) is 18.2. The molecule has 28 heavy (non-hydrogen) atoms. The zero-order valence-corrected chi connectivity index (χ0v) is 18.2. The molecule has 4 heteroatoms. The number of fused-ring (bicyclic) bond motifs is 2. The summed E-state index contributed by atoms with van der Waals surface area (Å²) in [6, 6.07) is 0.355. The molecule has 3 atom stereocenters. The van der Waals surface area contributed by atoms with Gasteiger partial charge in [0, 0.05) is 18.6 Å². The molecule has 1 N–H and O–H groups in total. The van der Waals surface area contributed by atoms with Crippen molar-refractivity contribution in [1.29, 1.82) is 0 Å². The topological polar surface area (TPSA) is 49.4 Å². The summed E-state index contributed by atoms with van der Waals surface area (Å²) >= 11 is 0. The molecule has 0 aromatic heterocycles. The smallest absolute Gasteiger partial charge is 0.312 e. The maximum Gasteiger partial charge on any atom is 0.312 e. The van der Waals surface area contributed by atoms with Gasteiger partial charge in [-0.05, 0) is 98.7 Å². The average Bonchev–Trinajstić information content (AvgIpc) is 2.81. The fourth-order valence-corrected chi connectivity index (χ4v) is 8.95. The average molecular weight is 387 g/mol. The predicted octanol–water partition coefficient (Wildman–Crippen LogP) is 4.13. The number of hydrogen-bond donors (Lipinski definition) is 1. The minimum Gasteiger partial charge on any atom is -0.345 e. The van der Waals surface area contributed by atoms with Crippen LogP contribution in [-0.2, 0) is 9.59 Å². The largest absolute Gasteiger partial charge is 0.345 e. The van der Waals surface area contributed by atoms with Crippen LogP contribution in [0.15, 0.2) is 0 Å². The molecule has 1 heterocycles. The normalized spacial score (nSPS) is 46.5. The van der Waals surface area contributed by atoms with Crippen LogP contribution in [0, 0.1) is 34.0 Å². The quantitative estimate of drug-likeness (QED) is 0.725. The van der Waals surface area contributed by atoms with Crippen molar-refractivity contribution >= 4 is 11.8 Å². The molecular weight excluding hydrogens is 348 g/mol. The summed E-state index contributed by atoms with van der Waals surface area (Å²) in [6.45, 7) is 9.83. The maximum atomic E-state index is 13.1. The molecule has 0 radical (unpaired) electrons. The summed E-state index contributed by atoms with van der Waals surface area (Å²) in [7, 11) is 0. The van der Waals surface area contributed by atoms with Crippen LogP contribution in [-0.4, -0.2) is 35.3 Å². The molecule has 3 unspecified atom stereocenters. The minimum absolute atomic E-state index is 0.117. The molecular formula is C24H38N2O2.